The van der Waals surface area contributed by atoms with Crippen LogP contribution in [0.25, 0.3) is 0 Å². The Kier molecular flexibility index (Phi) is 4.28. The highest BCUT2D eigenvalue weighted by Crippen LogP contribution is 2.31. The second-order valence-electron chi connectivity index (χ2n) is 4.07. The minimum Gasteiger partial charge on any atom is -0.383 e. The molecule has 0 spiro atoms. The third-order valence-electron chi connectivity index (χ3n) is 2.42. The van der Waals surface area contributed by atoms with Crippen LogP contribution in [0.15, 0.2) is 38.8 Å². The van der Waals surface area contributed by atoms with Crippen molar-refractivity contribution in [2.75, 3.05) is 11.5 Å². The average molecular weight is 340 g/mol. The average Bonchev–Trinajstić information content (AvgIpc) is 2.26. The Morgan fingerprint density at radius 1 is 1.16 bits per heavy atom. The number of aromatic nitrogens is 2. The number of hydrogen-bond donors (Lipinski definition) is 3. The third-order valence-corrected chi connectivity index (χ3v) is 3.96. The van der Waals surface area contributed by atoms with Crippen LogP contribution < -0.4 is 17.2 Å². The Morgan fingerprint density at radius 3 is 2.32 bits per heavy atom. The first-order valence-corrected chi connectivity index (χ1v) is 7.19. The third kappa shape index (κ3) is 3.59. The summed E-state index contributed by atoms with van der Waals surface area (Å²) in [5, 5.41) is 0.526. The van der Waals surface area contributed by atoms with E-state index in [0.717, 1.165) is 14.9 Å². The van der Waals surface area contributed by atoms with Crippen molar-refractivity contribution in [2.45, 2.75) is 23.0 Å². The molecule has 0 fully saturated rings. The smallest absolute Gasteiger partial charge is 0.196 e. The fourth-order valence-electron chi connectivity index (χ4n) is 1.55. The van der Waals surface area contributed by atoms with Gasteiger partial charge >= 0.3 is 0 Å². The maximum Gasteiger partial charge on any atom is 0.196 e. The van der Waals surface area contributed by atoms with E-state index in [0.29, 0.717) is 16.8 Å². The highest BCUT2D eigenvalue weighted by molar-refractivity contribution is 9.10. The molecular formula is C12H14BrN5S. The summed E-state index contributed by atoms with van der Waals surface area (Å²) in [6, 6.07) is 7.43. The number of anilines is 2. The van der Waals surface area contributed by atoms with Crippen LogP contribution in [0.5, 0.6) is 0 Å². The summed E-state index contributed by atoms with van der Waals surface area (Å²) in [6.45, 7) is 1.94. The minimum atomic E-state index is -0.0207. The molecule has 0 aliphatic carbocycles. The summed E-state index contributed by atoms with van der Waals surface area (Å²) in [7, 11) is 0. The molecule has 6 N–H and O–H groups in total. The van der Waals surface area contributed by atoms with E-state index in [1.54, 1.807) is 0 Å². The fourth-order valence-corrected chi connectivity index (χ4v) is 3.27. The summed E-state index contributed by atoms with van der Waals surface area (Å²) >= 11 is 4.90. The second kappa shape index (κ2) is 5.77. The van der Waals surface area contributed by atoms with Gasteiger partial charge in [-0.15, -0.1) is 0 Å². The lowest BCUT2D eigenvalue weighted by atomic mass is 10.1. The van der Waals surface area contributed by atoms with E-state index in [1.807, 2.05) is 25.1 Å². The Morgan fingerprint density at radius 2 is 1.79 bits per heavy atom. The summed E-state index contributed by atoms with van der Waals surface area (Å²) < 4.78 is 0.962. The van der Waals surface area contributed by atoms with Gasteiger partial charge in [0.25, 0.3) is 0 Å². The van der Waals surface area contributed by atoms with Gasteiger partial charge < -0.3 is 17.2 Å². The molecule has 1 atom stereocenters. The molecule has 0 radical (unpaired) electrons. The molecule has 0 amide bonds. The maximum atomic E-state index is 5.86. The molecule has 19 heavy (non-hydrogen) atoms. The van der Waals surface area contributed by atoms with Gasteiger partial charge in [-0.2, -0.15) is 0 Å². The van der Waals surface area contributed by atoms with E-state index in [9.17, 15) is 0 Å². The molecule has 0 unspecified atom stereocenters. The minimum absolute atomic E-state index is 0.0207. The first-order valence-electron chi connectivity index (χ1n) is 5.58. The molecule has 0 bridgehead atoms. The molecule has 0 aliphatic rings. The van der Waals surface area contributed by atoms with Gasteiger partial charge in [-0.1, -0.05) is 22.0 Å². The van der Waals surface area contributed by atoms with Gasteiger partial charge in [-0.25, -0.2) is 9.97 Å². The molecule has 1 aromatic heterocycles. The van der Waals surface area contributed by atoms with E-state index in [-0.39, 0.29) is 6.04 Å². The Hall–Kier alpha value is -1.31. The molecule has 7 heteroatoms. The van der Waals surface area contributed by atoms with Crippen molar-refractivity contribution in [1.29, 1.82) is 0 Å². The van der Waals surface area contributed by atoms with Crippen LogP contribution in [0, 0.1) is 0 Å². The van der Waals surface area contributed by atoms with Gasteiger partial charge in [0.05, 0.1) is 0 Å². The maximum absolute atomic E-state index is 5.86. The Bertz CT molecular complexity index is 582. The van der Waals surface area contributed by atoms with Crippen LogP contribution in [0.1, 0.15) is 18.5 Å². The van der Waals surface area contributed by atoms with Crippen molar-refractivity contribution in [1.82, 2.24) is 9.97 Å². The van der Waals surface area contributed by atoms with Gasteiger partial charge in [-0.3, -0.25) is 0 Å². The lowest BCUT2D eigenvalue weighted by Gasteiger charge is -2.10. The molecule has 2 aromatic rings. The second-order valence-corrected chi connectivity index (χ2v) is 5.97. The van der Waals surface area contributed by atoms with Gasteiger partial charge in [-0.05, 0) is 36.4 Å². The number of rotatable bonds is 3. The summed E-state index contributed by atoms with van der Waals surface area (Å²) in [4.78, 5) is 9.24. The normalized spacial score (nSPS) is 12.4. The lowest BCUT2D eigenvalue weighted by molar-refractivity contribution is 0.811. The molecule has 2 rings (SSSR count). The molecule has 100 valence electrons. The molecule has 1 aromatic carbocycles. The fraction of sp³-hybridized carbons (Fsp3) is 0.167. The van der Waals surface area contributed by atoms with Crippen molar-refractivity contribution in [3.63, 3.8) is 0 Å². The molecule has 1 heterocycles. The van der Waals surface area contributed by atoms with E-state index in [1.165, 1.54) is 17.8 Å². The van der Waals surface area contributed by atoms with E-state index in [4.69, 9.17) is 17.2 Å². The highest BCUT2D eigenvalue weighted by atomic mass is 79.9. The van der Waals surface area contributed by atoms with Crippen LogP contribution in [0.4, 0.5) is 11.6 Å². The van der Waals surface area contributed by atoms with Crippen molar-refractivity contribution in [2.24, 2.45) is 5.73 Å². The largest absolute Gasteiger partial charge is 0.383 e. The van der Waals surface area contributed by atoms with E-state index in [2.05, 4.69) is 25.9 Å². The molecule has 0 aliphatic heterocycles. The number of nitrogens with zero attached hydrogens (tertiary/aromatic N) is 2. The first-order chi connectivity index (χ1) is 8.95. The SMILES string of the molecule is C[C@H](N)c1ccc(Sc2nc(N)cc(N)n2)cc1Br. The van der Waals surface area contributed by atoms with Gasteiger partial charge in [0.2, 0.25) is 0 Å². The lowest BCUT2D eigenvalue weighted by Crippen LogP contribution is -2.05. The zero-order chi connectivity index (χ0) is 14.0. The quantitative estimate of drug-likeness (QED) is 0.742. The molecule has 5 nitrogen and oxygen atoms in total. The van der Waals surface area contributed by atoms with Gasteiger partial charge in [0.15, 0.2) is 5.16 Å². The Balaban J connectivity index is 2.26. The molecule has 0 saturated carbocycles. The predicted octanol–water partition coefficient (Wildman–Crippen LogP) is 2.57. The van der Waals surface area contributed by atoms with Crippen LogP contribution >= 0.6 is 27.7 Å². The summed E-state index contributed by atoms with van der Waals surface area (Å²) in [5.41, 5.74) is 18.2. The van der Waals surface area contributed by atoms with Gasteiger partial charge in [0.1, 0.15) is 11.6 Å². The van der Waals surface area contributed by atoms with Crippen molar-refractivity contribution in [3.8, 4) is 0 Å². The van der Waals surface area contributed by atoms with E-state index >= 15 is 0 Å². The van der Waals surface area contributed by atoms with E-state index < -0.39 is 0 Å². The topological polar surface area (TPSA) is 104 Å². The van der Waals surface area contributed by atoms with Gasteiger partial charge in [0, 0.05) is 21.5 Å². The van der Waals surface area contributed by atoms with Crippen LogP contribution in [0.2, 0.25) is 0 Å². The monoisotopic (exact) mass is 339 g/mol. The Labute approximate surface area is 124 Å². The molecular weight excluding hydrogens is 326 g/mol. The highest BCUT2D eigenvalue weighted by Gasteiger charge is 2.08. The standard InChI is InChI=1S/C12H14BrN5S/c1-6(14)8-3-2-7(4-9(8)13)19-12-17-10(15)5-11(16)18-12/h2-6H,14H2,1H3,(H4,15,16,17,18)/t6-/m0/s1. The van der Waals surface area contributed by atoms with Crippen LogP contribution in [-0.2, 0) is 0 Å². The predicted molar refractivity (Wildman–Crippen MR) is 81.7 cm³/mol. The number of hydrogen-bond acceptors (Lipinski definition) is 6. The summed E-state index contributed by atoms with van der Waals surface area (Å²) in [5.74, 6) is 0.725. The number of nitrogen functional groups attached to an aromatic ring is 2. The number of halogens is 1. The van der Waals surface area contributed by atoms with Crippen molar-refractivity contribution < 1.29 is 0 Å². The van der Waals surface area contributed by atoms with Crippen LogP contribution in [-0.4, -0.2) is 9.97 Å². The zero-order valence-electron chi connectivity index (χ0n) is 10.3. The zero-order valence-corrected chi connectivity index (χ0v) is 12.7. The number of nitrogens with two attached hydrogens (primary N) is 3. The van der Waals surface area contributed by atoms with Crippen LogP contribution in [0.3, 0.4) is 0 Å². The first kappa shape index (κ1) is 14.1. The number of benzene rings is 1. The summed E-state index contributed by atoms with van der Waals surface area (Å²) in [6.07, 6.45) is 0. The van der Waals surface area contributed by atoms with Crippen molar-refractivity contribution >= 4 is 39.3 Å². The van der Waals surface area contributed by atoms with Crippen molar-refractivity contribution in [3.05, 3.63) is 34.3 Å². The molecule has 0 saturated heterocycles.